The third-order valence-electron chi connectivity index (χ3n) is 3.96. The maximum absolute atomic E-state index is 11.1. The first-order chi connectivity index (χ1) is 8.72. The fourth-order valence-corrected chi connectivity index (χ4v) is 2.77. The van der Waals surface area contributed by atoms with E-state index in [4.69, 9.17) is 0 Å². The first kappa shape index (κ1) is 13.1. The number of aldehydes is 1. The second kappa shape index (κ2) is 5.98. The van der Waals surface area contributed by atoms with E-state index >= 15 is 0 Å². The number of rotatable bonds is 3. The van der Waals surface area contributed by atoms with Crippen molar-refractivity contribution in [2.45, 2.75) is 33.1 Å². The van der Waals surface area contributed by atoms with Gasteiger partial charge in [-0.05, 0) is 43.2 Å². The Morgan fingerprint density at radius 2 is 2.22 bits per heavy atom. The molecule has 0 amide bonds. The Morgan fingerprint density at radius 1 is 1.39 bits per heavy atom. The minimum atomic E-state index is 0.709. The third-order valence-corrected chi connectivity index (χ3v) is 3.96. The van der Waals surface area contributed by atoms with Crippen LogP contribution in [0.25, 0.3) is 0 Å². The molecule has 1 saturated heterocycles. The number of hydrogen-bond acceptors (Lipinski definition) is 3. The molecule has 0 aromatic carbocycles. The van der Waals surface area contributed by atoms with E-state index < -0.39 is 0 Å². The van der Waals surface area contributed by atoms with Gasteiger partial charge in [-0.3, -0.25) is 4.79 Å². The molecule has 1 unspecified atom stereocenters. The maximum Gasteiger partial charge on any atom is 0.153 e. The minimum absolute atomic E-state index is 0.709. The van der Waals surface area contributed by atoms with Gasteiger partial charge in [-0.15, -0.1) is 0 Å². The standard InChI is InChI=1S/C15H22N2O/c1-12(2)13-6-4-9-17(10-7-13)15-14(11-18)5-3-8-16-15/h3,5,8,11-13H,4,6-7,9-10H2,1-2H3. The molecule has 1 aliphatic rings. The van der Waals surface area contributed by atoms with Crippen LogP contribution in [0.15, 0.2) is 18.3 Å². The normalized spacial score (nSPS) is 20.8. The zero-order valence-electron chi connectivity index (χ0n) is 11.3. The predicted octanol–water partition coefficient (Wildman–Crippen LogP) is 3.16. The largest absolute Gasteiger partial charge is 0.356 e. The summed E-state index contributed by atoms with van der Waals surface area (Å²) in [5.41, 5.74) is 0.709. The lowest BCUT2D eigenvalue weighted by Gasteiger charge is -2.23. The van der Waals surface area contributed by atoms with Crippen molar-refractivity contribution in [3.8, 4) is 0 Å². The summed E-state index contributed by atoms with van der Waals surface area (Å²) >= 11 is 0. The number of aromatic nitrogens is 1. The highest BCUT2D eigenvalue weighted by Crippen LogP contribution is 2.27. The van der Waals surface area contributed by atoms with Gasteiger partial charge in [0.1, 0.15) is 5.82 Å². The lowest BCUT2D eigenvalue weighted by atomic mass is 9.89. The maximum atomic E-state index is 11.1. The molecule has 1 aromatic heterocycles. The average molecular weight is 246 g/mol. The van der Waals surface area contributed by atoms with Crippen LogP contribution in [0.3, 0.4) is 0 Å². The van der Waals surface area contributed by atoms with Gasteiger partial charge in [0.05, 0.1) is 5.56 Å². The van der Waals surface area contributed by atoms with Gasteiger partial charge in [0.15, 0.2) is 6.29 Å². The molecule has 0 aliphatic carbocycles. The molecule has 3 nitrogen and oxygen atoms in total. The SMILES string of the molecule is CC(C)C1CCCN(c2ncccc2C=O)CC1. The van der Waals surface area contributed by atoms with Crippen LogP contribution in [0.2, 0.25) is 0 Å². The molecule has 1 atom stereocenters. The van der Waals surface area contributed by atoms with E-state index in [0.29, 0.717) is 5.56 Å². The first-order valence-electron chi connectivity index (χ1n) is 6.87. The molecule has 0 bridgehead atoms. The highest BCUT2D eigenvalue weighted by Gasteiger charge is 2.21. The lowest BCUT2D eigenvalue weighted by molar-refractivity contribution is 0.112. The molecule has 0 N–H and O–H groups in total. The summed E-state index contributed by atoms with van der Waals surface area (Å²) in [6.45, 7) is 6.64. The number of pyridine rings is 1. The van der Waals surface area contributed by atoms with Crippen LogP contribution in [-0.4, -0.2) is 24.4 Å². The molecular weight excluding hydrogens is 224 g/mol. The molecule has 2 rings (SSSR count). The van der Waals surface area contributed by atoms with Crippen molar-refractivity contribution >= 4 is 12.1 Å². The Morgan fingerprint density at radius 3 is 2.94 bits per heavy atom. The molecule has 2 heterocycles. The van der Waals surface area contributed by atoms with E-state index in [0.717, 1.165) is 37.0 Å². The van der Waals surface area contributed by atoms with Crippen molar-refractivity contribution in [2.75, 3.05) is 18.0 Å². The second-order valence-electron chi connectivity index (χ2n) is 5.46. The predicted molar refractivity (Wildman–Crippen MR) is 74.0 cm³/mol. The molecule has 3 heteroatoms. The molecule has 1 fully saturated rings. The Labute approximate surface area is 109 Å². The van der Waals surface area contributed by atoms with Crippen molar-refractivity contribution in [1.29, 1.82) is 0 Å². The third kappa shape index (κ3) is 2.89. The van der Waals surface area contributed by atoms with Crippen molar-refractivity contribution in [2.24, 2.45) is 11.8 Å². The van der Waals surface area contributed by atoms with Crippen LogP contribution in [-0.2, 0) is 0 Å². The van der Waals surface area contributed by atoms with E-state index in [1.807, 2.05) is 12.1 Å². The molecule has 0 saturated carbocycles. The van der Waals surface area contributed by atoms with Crippen molar-refractivity contribution in [3.05, 3.63) is 23.9 Å². The minimum Gasteiger partial charge on any atom is -0.356 e. The molecule has 18 heavy (non-hydrogen) atoms. The average Bonchev–Trinajstić information content (AvgIpc) is 2.64. The van der Waals surface area contributed by atoms with Gasteiger partial charge in [0.25, 0.3) is 0 Å². The number of anilines is 1. The van der Waals surface area contributed by atoms with Crippen LogP contribution >= 0.6 is 0 Å². The van der Waals surface area contributed by atoms with Crippen molar-refractivity contribution < 1.29 is 4.79 Å². The van der Waals surface area contributed by atoms with Crippen molar-refractivity contribution in [3.63, 3.8) is 0 Å². The summed E-state index contributed by atoms with van der Waals surface area (Å²) in [6, 6.07) is 3.67. The highest BCUT2D eigenvalue weighted by molar-refractivity contribution is 5.82. The van der Waals surface area contributed by atoms with E-state index in [1.165, 1.54) is 19.3 Å². The Hall–Kier alpha value is -1.38. The Bertz CT molecular complexity index is 403. The van der Waals surface area contributed by atoms with Gasteiger partial charge in [-0.2, -0.15) is 0 Å². The summed E-state index contributed by atoms with van der Waals surface area (Å²) in [5.74, 6) is 2.41. The number of hydrogen-bond donors (Lipinski definition) is 0. The van der Waals surface area contributed by atoms with Gasteiger partial charge in [0, 0.05) is 19.3 Å². The van der Waals surface area contributed by atoms with Gasteiger partial charge >= 0.3 is 0 Å². The second-order valence-corrected chi connectivity index (χ2v) is 5.46. The highest BCUT2D eigenvalue weighted by atomic mass is 16.1. The van der Waals surface area contributed by atoms with Gasteiger partial charge in [-0.1, -0.05) is 13.8 Å². The molecule has 1 aromatic rings. The molecule has 1 aliphatic heterocycles. The summed E-state index contributed by atoms with van der Waals surface area (Å²) in [6.07, 6.45) is 6.36. The van der Waals surface area contributed by atoms with Gasteiger partial charge in [-0.25, -0.2) is 4.98 Å². The van der Waals surface area contributed by atoms with Crippen LogP contribution in [0.5, 0.6) is 0 Å². The van der Waals surface area contributed by atoms with E-state index in [1.54, 1.807) is 6.20 Å². The smallest absolute Gasteiger partial charge is 0.153 e. The van der Waals surface area contributed by atoms with Crippen LogP contribution in [0.1, 0.15) is 43.5 Å². The summed E-state index contributed by atoms with van der Waals surface area (Å²) in [7, 11) is 0. The van der Waals surface area contributed by atoms with Crippen LogP contribution < -0.4 is 4.90 Å². The number of carbonyl (C=O) groups is 1. The first-order valence-corrected chi connectivity index (χ1v) is 6.87. The number of nitrogens with zero attached hydrogens (tertiary/aromatic N) is 2. The molecule has 0 spiro atoms. The quantitative estimate of drug-likeness (QED) is 0.768. The lowest BCUT2D eigenvalue weighted by Crippen LogP contribution is -2.26. The van der Waals surface area contributed by atoms with E-state index in [9.17, 15) is 4.79 Å². The zero-order valence-corrected chi connectivity index (χ0v) is 11.3. The fraction of sp³-hybridized carbons (Fsp3) is 0.600. The Kier molecular flexibility index (Phi) is 4.34. The molecule has 0 radical (unpaired) electrons. The van der Waals surface area contributed by atoms with Crippen LogP contribution in [0.4, 0.5) is 5.82 Å². The summed E-state index contributed by atoms with van der Waals surface area (Å²) < 4.78 is 0. The Balaban J connectivity index is 2.12. The fourth-order valence-electron chi connectivity index (χ4n) is 2.77. The van der Waals surface area contributed by atoms with Gasteiger partial charge < -0.3 is 4.90 Å². The van der Waals surface area contributed by atoms with Crippen molar-refractivity contribution in [1.82, 2.24) is 4.98 Å². The van der Waals surface area contributed by atoms with Gasteiger partial charge in [0.2, 0.25) is 0 Å². The summed E-state index contributed by atoms with van der Waals surface area (Å²) in [5, 5.41) is 0. The number of carbonyl (C=O) groups excluding carboxylic acids is 1. The summed E-state index contributed by atoms with van der Waals surface area (Å²) in [4.78, 5) is 17.7. The van der Waals surface area contributed by atoms with E-state index in [-0.39, 0.29) is 0 Å². The zero-order chi connectivity index (χ0) is 13.0. The molecular formula is C15H22N2O. The topological polar surface area (TPSA) is 33.2 Å². The van der Waals surface area contributed by atoms with E-state index in [2.05, 4.69) is 23.7 Å². The molecule has 98 valence electrons. The van der Waals surface area contributed by atoms with Crippen LogP contribution in [0, 0.1) is 11.8 Å². The monoisotopic (exact) mass is 246 g/mol.